The first-order chi connectivity index (χ1) is 12.8. The van der Waals surface area contributed by atoms with Crippen LogP contribution in [0.3, 0.4) is 0 Å². The first-order valence-electron chi connectivity index (χ1n) is 9.57. The van der Waals surface area contributed by atoms with Crippen LogP contribution in [0.15, 0.2) is 35.7 Å². The lowest BCUT2D eigenvalue weighted by atomic mass is 9.89. The molecule has 3 rings (SSSR count). The van der Waals surface area contributed by atoms with Crippen LogP contribution in [0.25, 0.3) is 0 Å². The topological polar surface area (TPSA) is 58.2 Å². The van der Waals surface area contributed by atoms with Crippen LogP contribution < -0.4 is 10.6 Å². The fourth-order valence-corrected chi connectivity index (χ4v) is 4.15. The predicted molar refractivity (Wildman–Crippen MR) is 110 cm³/mol. The third-order valence-electron chi connectivity index (χ3n) is 4.93. The number of hydrogen-bond donors (Lipinski definition) is 2. The fraction of sp³-hybridized carbons (Fsp3) is 0.455. The average Bonchev–Trinajstić information content (AvgIpc) is 3.17. The molecule has 0 bridgehead atoms. The van der Waals surface area contributed by atoms with Gasteiger partial charge in [0.15, 0.2) is 0 Å². The van der Waals surface area contributed by atoms with Crippen molar-refractivity contribution in [1.82, 2.24) is 10.6 Å². The van der Waals surface area contributed by atoms with Gasteiger partial charge in [-0.3, -0.25) is 9.59 Å². The minimum absolute atomic E-state index is 0.0110. The smallest absolute Gasteiger partial charge is 0.240 e. The quantitative estimate of drug-likeness (QED) is 0.819. The number of carbonyl (C=O) groups excluding carboxylic acids is 2. The van der Waals surface area contributed by atoms with Gasteiger partial charge in [-0.05, 0) is 53.8 Å². The van der Waals surface area contributed by atoms with Gasteiger partial charge in [-0.2, -0.15) is 0 Å². The predicted octanol–water partition coefficient (Wildman–Crippen LogP) is 3.99. The summed E-state index contributed by atoms with van der Waals surface area (Å²) >= 11 is 1.63. The van der Waals surface area contributed by atoms with Crippen molar-refractivity contribution >= 4 is 23.2 Å². The zero-order valence-corrected chi connectivity index (χ0v) is 17.1. The molecule has 144 valence electrons. The van der Waals surface area contributed by atoms with Gasteiger partial charge in [0.2, 0.25) is 11.8 Å². The van der Waals surface area contributed by atoms with E-state index in [1.54, 1.807) is 11.3 Å². The van der Waals surface area contributed by atoms with E-state index in [9.17, 15) is 9.59 Å². The molecule has 0 radical (unpaired) electrons. The SMILES string of the molecule is CC(C)(C)C(=O)NCC(=O)NC(c1ccc2c(c1)CCCC2)c1cccs1. The van der Waals surface area contributed by atoms with E-state index in [4.69, 9.17) is 0 Å². The summed E-state index contributed by atoms with van der Waals surface area (Å²) in [6.07, 6.45) is 4.73. The first-order valence-corrected chi connectivity index (χ1v) is 10.5. The highest BCUT2D eigenvalue weighted by molar-refractivity contribution is 7.10. The Morgan fingerprint density at radius 1 is 1.11 bits per heavy atom. The molecule has 1 aromatic heterocycles. The van der Waals surface area contributed by atoms with Crippen molar-refractivity contribution in [2.24, 2.45) is 5.41 Å². The van der Waals surface area contributed by atoms with Crippen LogP contribution in [-0.2, 0) is 22.4 Å². The maximum absolute atomic E-state index is 12.5. The van der Waals surface area contributed by atoms with E-state index < -0.39 is 5.41 Å². The lowest BCUT2D eigenvalue weighted by Crippen LogP contribution is -2.42. The maximum atomic E-state index is 12.5. The molecule has 4 nitrogen and oxygen atoms in total. The Morgan fingerprint density at radius 2 is 1.85 bits per heavy atom. The van der Waals surface area contributed by atoms with Crippen molar-refractivity contribution in [1.29, 1.82) is 0 Å². The van der Waals surface area contributed by atoms with Gasteiger partial charge in [-0.25, -0.2) is 0 Å². The van der Waals surface area contributed by atoms with Crippen molar-refractivity contribution < 1.29 is 9.59 Å². The summed E-state index contributed by atoms with van der Waals surface area (Å²) in [4.78, 5) is 25.6. The van der Waals surface area contributed by atoms with Crippen LogP contribution in [0.5, 0.6) is 0 Å². The Bertz CT molecular complexity index is 806. The Kier molecular flexibility index (Phi) is 6.00. The summed E-state index contributed by atoms with van der Waals surface area (Å²) in [7, 11) is 0. The highest BCUT2D eigenvalue weighted by atomic mass is 32.1. The minimum Gasteiger partial charge on any atom is -0.347 e. The third kappa shape index (κ3) is 4.98. The number of thiophene rings is 1. The number of rotatable bonds is 5. The second kappa shape index (κ2) is 8.26. The molecule has 27 heavy (non-hydrogen) atoms. The summed E-state index contributed by atoms with van der Waals surface area (Å²) in [6, 6.07) is 10.4. The second-order valence-electron chi connectivity index (χ2n) is 8.18. The van der Waals surface area contributed by atoms with Gasteiger partial charge in [0.1, 0.15) is 0 Å². The van der Waals surface area contributed by atoms with Gasteiger partial charge in [-0.15, -0.1) is 11.3 Å². The van der Waals surface area contributed by atoms with Crippen LogP contribution in [0, 0.1) is 5.41 Å². The van der Waals surface area contributed by atoms with Gasteiger partial charge < -0.3 is 10.6 Å². The van der Waals surface area contributed by atoms with Crippen molar-refractivity contribution in [3.05, 3.63) is 57.3 Å². The van der Waals surface area contributed by atoms with E-state index in [1.807, 2.05) is 38.3 Å². The zero-order valence-electron chi connectivity index (χ0n) is 16.3. The molecule has 1 aliphatic carbocycles. The highest BCUT2D eigenvalue weighted by Crippen LogP contribution is 2.30. The molecule has 2 N–H and O–H groups in total. The van der Waals surface area contributed by atoms with E-state index in [0.717, 1.165) is 23.3 Å². The molecule has 1 aromatic carbocycles. The Hall–Kier alpha value is -2.14. The Morgan fingerprint density at radius 3 is 2.52 bits per heavy atom. The number of fused-ring (bicyclic) bond motifs is 1. The number of nitrogens with one attached hydrogen (secondary N) is 2. The molecular formula is C22H28N2O2S. The largest absolute Gasteiger partial charge is 0.347 e. The van der Waals surface area contributed by atoms with Crippen molar-refractivity contribution in [2.75, 3.05) is 6.54 Å². The molecule has 0 spiro atoms. The van der Waals surface area contributed by atoms with E-state index in [0.29, 0.717) is 0 Å². The highest BCUT2D eigenvalue weighted by Gasteiger charge is 2.23. The summed E-state index contributed by atoms with van der Waals surface area (Å²) < 4.78 is 0. The second-order valence-corrected chi connectivity index (χ2v) is 9.16. The molecule has 0 aliphatic heterocycles. The standard InChI is InChI=1S/C22H28N2O2S/c1-22(2,3)21(26)23-14-19(25)24-20(18-9-6-12-27-18)17-11-10-15-7-4-5-8-16(15)13-17/h6,9-13,20H,4-5,7-8,14H2,1-3H3,(H,23,26)(H,24,25). The third-order valence-corrected chi connectivity index (χ3v) is 5.87. The van der Waals surface area contributed by atoms with E-state index in [1.165, 1.54) is 24.0 Å². The molecule has 1 unspecified atom stereocenters. The average molecular weight is 385 g/mol. The van der Waals surface area contributed by atoms with Crippen LogP contribution in [0.2, 0.25) is 0 Å². The molecule has 1 atom stereocenters. The molecule has 5 heteroatoms. The molecule has 2 aromatic rings. The lowest BCUT2D eigenvalue weighted by molar-refractivity contribution is -0.131. The van der Waals surface area contributed by atoms with Crippen molar-refractivity contribution in [3.63, 3.8) is 0 Å². The molecule has 1 heterocycles. The monoisotopic (exact) mass is 384 g/mol. The number of aryl methyl sites for hydroxylation is 2. The summed E-state index contributed by atoms with van der Waals surface area (Å²) in [5.74, 6) is -0.303. The molecule has 0 fully saturated rings. The van der Waals surface area contributed by atoms with Gasteiger partial charge in [0, 0.05) is 10.3 Å². The van der Waals surface area contributed by atoms with Crippen molar-refractivity contribution in [3.8, 4) is 0 Å². The summed E-state index contributed by atoms with van der Waals surface area (Å²) in [5, 5.41) is 7.86. The van der Waals surface area contributed by atoms with E-state index in [2.05, 4.69) is 28.8 Å². The van der Waals surface area contributed by atoms with Crippen LogP contribution in [0.1, 0.15) is 61.2 Å². The number of amides is 2. The minimum atomic E-state index is -0.508. The number of hydrogen-bond acceptors (Lipinski definition) is 3. The Labute approximate surface area is 165 Å². The van der Waals surface area contributed by atoms with Crippen molar-refractivity contribution in [2.45, 2.75) is 52.5 Å². The molecule has 1 aliphatic rings. The summed E-state index contributed by atoms with van der Waals surface area (Å²) in [5.41, 5.74) is 3.43. The Balaban J connectivity index is 1.75. The van der Waals surface area contributed by atoms with Crippen LogP contribution in [0.4, 0.5) is 0 Å². The van der Waals surface area contributed by atoms with Gasteiger partial charge in [0.05, 0.1) is 12.6 Å². The van der Waals surface area contributed by atoms with E-state index >= 15 is 0 Å². The van der Waals surface area contributed by atoms with E-state index in [-0.39, 0.29) is 24.4 Å². The van der Waals surface area contributed by atoms with Gasteiger partial charge in [0.25, 0.3) is 0 Å². The molecular weight excluding hydrogens is 356 g/mol. The number of benzene rings is 1. The number of carbonyl (C=O) groups is 2. The molecule has 0 saturated heterocycles. The zero-order chi connectivity index (χ0) is 19.4. The van der Waals surface area contributed by atoms with Crippen LogP contribution in [-0.4, -0.2) is 18.4 Å². The molecule has 2 amide bonds. The van der Waals surface area contributed by atoms with Gasteiger partial charge >= 0.3 is 0 Å². The first kappa shape index (κ1) is 19.6. The lowest BCUT2D eigenvalue weighted by Gasteiger charge is -2.23. The fourth-order valence-electron chi connectivity index (χ4n) is 3.34. The normalized spacial score (nSPS) is 14.9. The maximum Gasteiger partial charge on any atom is 0.240 e. The van der Waals surface area contributed by atoms with Gasteiger partial charge in [-0.1, -0.05) is 45.0 Å². The van der Waals surface area contributed by atoms with Crippen LogP contribution >= 0.6 is 11.3 Å². The molecule has 0 saturated carbocycles. The summed E-state index contributed by atoms with van der Waals surface area (Å²) in [6.45, 7) is 5.49.